The van der Waals surface area contributed by atoms with Gasteiger partial charge in [0.25, 0.3) is 0 Å². The molecular formula is C26H37N3O2. The number of hydrogen-bond donors (Lipinski definition) is 0. The van der Waals surface area contributed by atoms with E-state index in [1.165, 1.54) is 36.2 Å². The predicted molar refractivity (Wildman–Crippen MR) is 126 cm³/mol. The molecular weight excluding hydrogens is 386 g/mol. The standard InChI is InChI=1S/C26H37N3O2/c1-27(2)22-12-14-29(18-22)13-5-15-31-24-10-11-25-21(16-24)17-28(3)19-26(25)20-6-8-23(30-4)9-7-20/h6-11,16,22,26H,5,12-15,17-19H2,1-4H3. The third-order valence-electron chi connectivity index (χ3n) is 6.81. The fourth-order valence-electron chi connectivity index (χ4n) is 4.95. The second-order valence-electron chi connectivity index (χ2n) is 9.29. The minimum Gasteiger partial charge on any atom is -0.497 e. The van der Waals surface area contributed by atoms with Crippen LogP contribution in [0, 0.1) is 0 Å². The molecule has 2 aliphatic rings. The highest BCUT2D eigenvalue weighted by atomic mass is 16.5. The molecule has 0 aromatic heterocycles. The Hall–Kier alpha value is -2.08. The van der Waals surface area contributed by atoms with Gasteiger partial charge in [-0.1, -0.05) is 18.2 Å². The Labute approximate surface area is 187 Å². The van der Waals surface area contributed by atoms with Gasteiger partial charge in [-0.05, 0) is 81.5 Å². The van der Waals surface area contributed by atoms with Crippen molar-refractivity contribution >= 4 is 0 Å². The fourth-order valence-corrected chi connectivity index (χ4v) is 4.95. The van der Waals surface area contributed by atoms with Crippen LogP contribution in [-0.4, -0.2) is 81.8 Å². The molecule has 2 heterocycles. The summed E-state index contributed by atoms with van der Waals surface area (Å²) in [6.45, 7) is 6.30. The van der Waals surface area contributed by atoms with Crippen molar-refractivity contribution in [3.63, 3.8) is 0 Å². The largest absolute Gasteiger partial charge is 0.497 e. The molecule has 5 heteroatoms. The molecule has 2 aromatic carbocycles. The number of benzene rings is 2. The van der Waals surface area contributed by atoms with Crippen molar-refractivity contribution in [3.05, 3.63) is 59.2 Å². The van der Waals surface area contributed by atoms with Gasteiger partial charge in [0.1, 0.15) is 11.5 Å². The molecule has 168 valence electrons. The van der Waals surface area contributed by atoms with E-state index in [4.69, 9.17) is 9.47 Å². The molecule has 0 amide bonds. The van der Waals surface area contributed by atoms with Crippen LogP contribution in [0.4, 0.5) is 0 Å². The lowest BCUT2D eigenvalue weighted by Crippen LogP contribution is -2.32. The van der Waals surface area contributed by atoms with Gasteiger partial charge in [0.2, 0.25) is 0 Å². The van der Waals surface area contributed by atoms with Gasteiger partial charge >= 0.3 is 0 Å². The van der Waals surface area contributed by atoms with Crippen LogP contribution < -0.4 is 9.47 Å². The lowest BCUT2D eigenvalue weighted by molar-refractivity contribution is 0.241. The highest BCUT2D eigenvalue weighted by Gasteiger charge is 2.25. The summed E-state index contributed by atoms with van der Waals surface area (Å²) in [5, 5.41) is 0. The van der Waals surface area contributed by atoms with Gasteiger partial charge < -0.3 is 24.2 Å². The first-order chi connectivity index (χ1) is 15.0. The molecule has 0 bridgehead atoms. The maximum absolute atomic E-state index is 6.14. The Kier molecular flexibility index (Phi) is 7.16. The van der Waals surface area contributed by atoms with E-state index >= 15 is 0 Å². The van der Waals surface area contributed by atoms with Gasteiger partial charge in [-0.2, -0.15) is 0 Å². The van der Waals surface area contributed by atoms with Crippen molar-refractivity contribution in [2.24, 2.45) is 0 Å². The number of ether oxygens (including phenoxy) is 2. The molecule has 0 N–H and O–H groups in total. The SMILES string of the molecule is COc1ccc(C2CN(C)Cc3cc(OCCCN4CCC(N(C)C)C4)ccc32)cc1. The first kappa shape index (κ1) is 22.1. The number of fused-ring (bicyclic) bond motifs is 1. The van der Waals surface area contributed by atoms with Crippen LogP contribution in [0.5, 0.6) is 11.5 Å². The van der Waals surface area contributed by atoms with Gasteiger partial charge in [0.15, 0.2) is 0 Å². The van der Waals surface area contributed by atoms with Crippen LogP contribution in [0.1, 0.15) is 35.4 Å². The van der Waals surface area contributed by atoms with Crippen LogP contribution in [0.15, 0.2) is 42.5 Å². The summed E-state index contributed by atoms with van der Waals surface area (Å²) >= 11 is 0. The topological polar surface area (TPSA) is 28.2 Å². The van der Waals surface area contributed by atoms with Gasteiger partial charge in [-0.25, -0.2) is 0 Å². The smallest absolute Gasteiger partial charge is 0.119 e. The van der Waals surface area contributed by atoms with Crippen molar-refractivity contribution in [2.45, 2.75) is 31.3 Å². The van der Waals surface area contributed by atoms with Crippen LogP contribution in [0.25, 0.3) is 0 Å². The van der Waals surface area contributed by atoms with E-state index in [9.17, 15) is 0 Å². The molecule has 2 aliphatic heterocycles. The van der Waals surface area contributed by atoms with Gasteiger partial charge in [-0.15, -0.1) is 0 Å². The molecule has 5 nitrogen and oxygen atoms in total. The molecule has 1 saturated heterocycles. The third-order valence-corrected chi connectivity index (χ3v) is 6.81. The molecule has 2 atom stereocenters. The van der Waals surface area contributed by atoms with Crippen LogP contribution >= 0.6 is 0 Å². The molecule has 1 fully saturated rings. The molecule has 0 spiro atoms. The van der Waals surface area contributed by atoms with Crippen molar-refractivity contribution in [1.82, 2.24) is 14.7 Å². The predicted octanol–water partition coefficient (Wildman–Crippen LogP) is 3.68. The molecule has 4 rings (SSSR count). The summed E-state index contributed by atoms with van der Waals surface area (Å²) in [6.07, 6.45) is 2.35. The van der Waals surface area contributed by atoms with Crippen molar-refractivity contribution in [3.8, 4) is 11.5 Å². The normalized spacial score (nSPS) is 22.0. The summed E-state index contributed by atoms with van der Waals surface area (Å²) in [5.41, 5.74) is 4.13. The second kappa shape index (κ2) is 10.0. The quantitative estimate of drug-likeness (QED) is 0.604. The zero-order valence-corrected chi connectivity index (χ0v) is 19.5. The van der Waals surface area contributed by atoms with E-state index < -0.39 is 0 Å². The Morgan fingerprint density at radius 1 is 1.03 bits per heavy atom. The number of hydrogen-bond acceptors (Lipinski definition) is 5. The summed E-state index contributed by atoms with van der Waals surface area (Å²) in [4.78, 5) is 7.31. The lowest BCUT2D eigenvalue weighted by Gasteiger charge is -2.33. The number of likely N-dealkylation sites (tertiary alicyclic amines) is 1. The molecule has 31 heavy (non-hydrogen) atoms. The van der Waals surface area contributed by atoms with Crippen LogP contribution in [-0.2, 0) is 6.54 Å². The Morgan fingerprint density at radius 3 is 2.52 bits per heavy atom. The first-order valence-electron chi connectivity index (χ1n) is 11.5. The fraction of sp³-hybridized carbons (Fsp3) is 0.538. The summed E-state index contributed by atoms with van der Waals surface area (Å²) < 4.78 is 11.5. The minimum absolute atomic E-state index is 0.383. The van der Waals surface area contributed by atoms with E-state index in [2.05, 4.69) is 78.3 Å². The second-order valence-corrected chi connectivity index (χ2v) is 9.29. The van der Waals surface area contributed by atoms with Gasteiger partial charge in [0, 0.05) is 38.1 Å². The van der Waals surface area contributed by atoms with E-state index in [1.54, 1.807) is 7.11 Å². The van der Waals surface area contributed by atoms with Crippen molar-refractivity contribution in [2.75, 3.05) is 61.0 Å². The van der Waals surface area contributed by atoms with E-state index in [1.807, 2.05) is 0 Å². The van der Waals surface area contributed by atoms with Crippen LogP contribution in [0.3, 0.4) is 0 Å². The average molecular weight is 424 g/mol. The molecule has 0 saturated carbocycles. The highest BCUT2D eigenvalue weighted by Crippen LogP contribution is 2.35. The maximum Gasteiger partial charge on any atom is 0.119 e. The Morgan fingerprint density at radius 2 is 1.81 bits per heavy atom. The minimum atomic E-state index is 0.383. The molecule has 0 radical (unpaired) electrons. The van der Waals surface area contributed by atoms with Gasteiger partial charge in [0.05, 0.1) is 13.7 Å². The van der Waals surface area contributed by atoms with Crippen LogP contribution in [0.2, 0.25) is 0 Å². The van der Waals surface area contributed by atoms with E-state index in [-0.39, 0.29) is 0 Å². The van der Waals surface area contributed by atoms with Crippen molar-refractivity contribution < 1.29 is 9.47 Å². The Balaban J connectivity index is 1.34. The molecule has 0 aliphatic carbocycles. The number of likely N-dealkylation sites (N-methyl/N-ethyl adjacent to an activating group) is 2. The monoisotopic (exact) mass is 423 g/mol. The van der Waals surface area contributed by atoms with Gasteiger partial charge in [-0.3, -0.25) is 0 Å². The zero-order valence-electron chi connectivity index (χ0n) is 19.5. The molecule has 2 unspecified atom stereocenters. The zero-order chi connectivity index (χ0) is 21.8. The first-order valence-corrected chi connectivity index (χ1v) is 11.5. The number of methoxy groups -OCH3 is 1. The summed E-state index contributed by atoms with van der Waals surface area (Å²) in [7, 11) is 8.28. The Bertz CT molecular complexity index is 852. The number of rotatable bonds is 8. The van der Waals surface area contributed by atoms with E-state index in [0.717, 1.165) is 44.2 Å². The van der Waals surface area contributed by atoms with E-state index in [0.29, 0.717) is 12.0 Å². The number of nitrogens with zero attached hydrogens (tertiary/aromatic N) is 3. The highest BCUT2D eigenvalue weighted by molar-refractivity contribution is 5.45. The van der Waals surface area contributed by atoms with Crippen molar-refractivity contribution in [1.29, 1.82) is 0 Å². The third kappa shape index (κ3) is 5.40. The lowest BCUT2D eigenvalue weighted by atomic mass is 9.84. The summed E-state index contributed by atoms with van der Waals surface area (Å²) in [6, 6.07) is 15.9. The molecule has 2 aromatic rings. The maximum atomic E-state index is 6.14. The summed E-state index contributed by atoms with van der Waals surface area (Å²) in [5.74, 6) is 2.28. The average Bonchev–Trinajstić information content (AvgIpc) is 3.25.